The highest BCUT2D eigenvalue weighted by Gasteiger charge is 2.11. The number of anilines is 1. The maximum Gasteiger partial charge on any atom is 0.238 e. The summed E-state index contributed by atoms with van der Waals surface area (Å²) in [4.78, 5) is 20.3. The summed E-state index contributed by atoms with van der Waals surface area (Å²) in [5, 5.41) is 5.95. The maximum atomic E-state index is 11.8. The Hall–Kier alpha value is -2.21. The van der Waals surface area contributed by atoms with Crippen molar-refractivity contribution in [3.63, 3.8) is 0 Å². The van der Waals surface area contributed by atoms with Gasteiger partial charge in [0.05, 0.1) is 18.4 Å². The molecular weight excluding hydrogens is 266 g/mol. The number of amides is 1. The molecule has 1 amide bonds. The van der Waals surface area contributed by atoms with Crippen molar-refractivity contribution < 1.29 is 4.79 Å². The van der Waals surface area contributed by atoms with E-state index in [1.165, 1.54) is 0 Å². The molecule has 2 heterocycles. The van der Waals surface area contributed by atoms with Crippen LogP contribution in [-0.2, 0) is 4.79 Å². The first kappa shape index (κ1) is 15.2. The molecule has 0 aliphatic rings. The highest BCUT2D eigenvalue weighted by atomic mass is 16.1. The molecular formula is C15H21N5O. The van der Waals surface area contributed by atoms with E-state index in [-0.39, 0.29) is 18.0 Å². The van der Waals surface area contributed by atoms with Crippen LogP contribution < -0.4 is 10.6 Å². The number of aromatic nitrogens is 3. The van der Waals surface area contributed by atoms with Gasteiger partial charge in [-0.2, -0.15) is 0 Å². The summed E-state index contributed by atoms with van der Waals surface area (Å²) in [6.07, 6.45) is 5.22. The Morgan fingerprint density at radius 1 is 1.29 bits per heavy atom. The van der Waals surface area contributed by atoms with Gasteiger partial charge < -0.3 is 10.6 Å². The van der Waals surface area contributed by atoms with E-state index in [4.69, 9.17) is 0 Å². The lowest BCUT2D eigenvalue weighted by molar-refractivity contribution is -0.115. The zero-order valence-corrected chi connectivity index (χ0v) is 12.8. The maximum absolute atomic E-state index is 11.8. The fourth-order valence-corrected chi connectivity index (χ4v) is 1.77. The number of hydrogen-bond donors (Lipinski definition) is 2. The summed E-state index contributed by atoms with van der Waals surface area (Å²) in [6.45, 7) is 8.24. The Labute approximate surface area is 124 Å². The average Bonchev–Trinajstić information content (AvgIpc) is 2.83. The second-order valence-corrected chi connectivity index (χ2v) is 5.90. The van der Waals surface area contributed by atoms with Crippen LogP contribution in [0.4, 0.5) is 5.69 Å². The van der Waals surface area contributed by atoms with Gasteiger partial charge in [0.1, 0.15) is 11.6 Å². The minimum Gasteiger partial charge on any atom is -0.324 e. The first-order valence-electron chi connectivity index (χ1n) is 6.86. The number of nitrogens with one attached hydrogen (secondary N) is 2. The second-order valence-electron chi connectivity index (χ2n) is 5.90. The summed E-state index contributed by atoms with van der Waals surface area (Å²) in [5.74, 6) is 1.56. The number of aryl methyl sites for hydroxylation is 1. The Morgan fingerprint density at radius 3 is 2.57 bits per heavy atom. The van der Waals surface area contributed by atoms with Crippen molar-refractivity contribution >= 4 is 11.6 Å². The molecule has 0 aliphatic heterocycles. The van der Waals surface area contributed by atoms with Crippen LogP contribution in [0.1, 0.15) is 26.6 Å². The molecule has 21 heavy (non-hydrogen) atoms. The zero-order valence-electron chi connectivity index (χ0n) is 12.8. The van der Waals surface area contributed by atoms with Gasteiger partial charge in [-0.05, 0) is 39.8 Å². The minimum absolute atomic E-state index is 0.0849. The third kappa shape index (κ3) is 4.39. The van der Waals surface area contributed by atoms with Gasteiger partial charge in [-0.15, -0.1) is 0 Å². The first-order valence-corrected chi connectivity index (χ1v) is 6.86. The molecule has 0 bridgehead atoms. The highest BCUT2D eigenvalue weighted by Crippen LogP contribution is 2.11. The minimum atomic E-state index is -0.0849. The van der Waals surface area contributed by atoms with E-state index in [0.29, 0.717) is 5.69 Å². The molecule has 0 unspecified atom stereocenters. The topological polar surface area (TPSA) is 71.8 Å². The summed E-state index contributed by atoms with van der Waals surface area (Å²) >= 11 is 0. The van der Waals surface area contributed by atoms with Gasteiger partial charge in [-0.3, -0.25) is 9.36 Å². The molecule has 112 valence electrons. The van der Waals surface area contributed by atoms with E-state index >= 15 is 0 Å². The van der Waals surface area contributed by atoms with Gasteiger partial charge in [0.2, 0.25) is 5.91 Å². The molecule has 0 saturated heterocycles. The highest BCUT2D eigenvalue weighted by molar-refractivity contribution is 5.92. The van der Waals surface area contributed by atoms with Gasteiger partial charge >= 0.3 is 0 Å². The first-order chi connectivity index (χ1) is 9.85. The van der Waals surface area contributed by atoms with Crippen LogP contribution in [0, 0.1) is 6.92 Å². The number of pyridine rings is 1. The summed E-state index contributed by atoms with van der Waals surface area (Å²) < 4.78 is 1.88. The molecule has 0 spiro atoms. The summed E-state index contributed by atoms with van der Waals surface area (Å²) in [7, 11) is 0. The molecule has 0 atom stereocenters. The van der Waals surface area contributed by atoms with Crippen LogP contribution in [-0.4, -0.2) is 32.5 Å². The van der Waals surface area contributed by atoms with E-state index in [1.54, 1.807) is 12.4 Å². The Morgan fingerprint density at radius 2 is 2.05 bits per heavy atom. The number of imidazole rings is 1. The SMILES string of the molecule is Cc1nccn1-c1ccc(NC(=O)CNC(C)(C)C)cn1. The predicted molar refractivity (Wildman–Crippen MR) is 82.5 cm³/mol. The Kier molecular flexibility index (Phi) is 4.37. The van der Waals surface area contributed by atoms with Crippen LogP contribution >= 0.6 is 0 Å². The van der Waals surface area contributed by atoms with E-state index in [1.807, 2.05) is 50.6 Å². The van der Waals surface area contributed by atoms with Crippen molar-refractivity contribution in [2.24, 2.45) is 0 Å². The number of carbonyl (C=O) groups excluding carboxylic acids is 1. The number of rotatable bonds is 4. The third-order valence-corrected chi connectivity index (χ3v) is 2.88. The van der Waals surface area contributed by atoms with Crippen molar-refractivity contribution in [3.8, 4) is 5.82 Å². The largest absolute Gasteiger partial charge is 0.324 e. The standard InChI is InChI=1S/C15H21N5O/c1-11-16-7-8-20(11)13-6-5-12(9-17-13)19-14(21)10-18-15(2,3)4/h5-9,18H,10H2,1-4H3,(H,19,21). The van der Waals surface area contributed by atoms with Crippen molar-refractivity contribution in [2.75, 3.05) is 11.9 Å². The fourth-order valence-electron chi connectivity index (χ4n) is 1.77. The van der Waals surface area contributed by atoms with Crippen LogP contribution in [0.2, 0.25) is 0 Å². The van der Waals surface area contributed by atoms with Crippen molar-refractivity contribution in [2.45, 2.75) is 33.2 Å². The summed E-state index contributed by atoms with van der Waals surface area (Å²) in [5.41, 5.74) is 0.593. The van der Waals surface area contributed by atoms with E-state index < -0.39 is 0 Å². The van der Waals surface area contributed by atoms with Crippen LogP contribution in [0.25, 0.3) is 5.82 Å². The van der Waals surface area contributed by atoms with Gasteiger partial charge in [-0.25, -0.2) is 9.97 Å². The molecule has 2 aromatic heterocycles. The zero-order chi connectivity index (χ0) is 15.5. The van der Waals surface area contributed by atoms with Gasteiger partial charge in [-0.1, -0.05) is 0 Å². The van der Waals surface area contributed by atoms with Crippen molar-refractivity contribution in [1.29, 1.82) is 0 Å². The molecule has 6 heteroatoms. The normalized spacial score (nSPS) is 11.4. The van der Waals surface area contributed by atoms with Crippen molar-refractivity contribution in [3.05, 3.63) is 36.5 Å². The molecule has 0 radical (unpaired) electrons. The third-order valence-electron chi connectivity index (χ3n) is 2.88. The number of nitrogens with zero attached hydrogens (tertiary/aromatic N) is 3. The lowest BCUT2D eigenvalue weighted by atomic mass is 10.1. The molecule has 0 aliphatic carbocycles. The molecule has 6 nitrogen and oxygen atoms in total. The van der Waals surface area contributed by atoms with E-state index in [0.717, 1.165) is 11.6 Å². The molecule has 0 fully saturated rings. The predicted octanol–water partition coefficient (Wildman–Crippen LogP) is 1.90. The number of carbonyl (C=O) groups is 1. The summed E-state index contributed by atoms with van der Waals surface area (Å²) in [6, 6.07) is 3.68. The molecule has 2 N–H and O–H groups in total. The smallest absolute Gasteiger partial charge is 0.238 e. The van der Waals surface area contributed by atoms with E-state index in [2.05, 4.69) is 20.6 Å². The second kappa shape index (κ2) is 6.05. The molecule has 0 aromatic carbocycles. The number of hydrogen-bond acceptors (Lipinski definition) is 4. The van der Waals surface area contributed by atoms with E-state index in [9.17, 15) is 4.79 Å². The molecule has 2 aromatic rings. The fraction of sp³-hybridized carbons (Fsp3) is 0.400. The Balaban J connectivity index is 1.97. The molecule has 2 rings (SSSR count). The lowest BCUT2D eigenvalue weighted by Gasteiger charge is -2.20. The lowest BCUT2D eigenvalue weighted by Crippen LogP contribution is -2.41. The van der Waals surface area contributed by atoms with Gasteiger partial charge in [0, 0.05) is 17.9 Å². The molecule has 0 saturated carbocycles. The van der Waals surface area contributed by atoms with Crippen LogP contribution in [0.15, 0.2) is 30.7 Å². The quantitative estimate of drug-likeness (QED) is 0.901. The van der Waals surface area contributed by atoms with Crippen molar-refractivity contribution in [1.82, 2.24) is 19.9 Å². The van der Waals surface area contributed by atoms with Gasteiger partial charge in [0.15, 0.2) is 0 Å². The Bertz CT molecular complexity index is 610. The van der Waals surface area contributed by atoms with Gasteiger partial charge in [0.25, 0.3) is 0 Å². The monoisotopic (exact) mass is 287 g/mol. The van der Waals surface area contributed by atoms with Crippen LogP contribution in [0.3, 0.4) is 0 Å². The van der Waals surface area contributed by atoms with Crippen LogP contribution in [0.5, 0.6) is 0 Å². The average molecular weight is 287 g/mol.